The summed E-state index contributed by atoms with van der Waals surface area (Å²) in [7, 11) is 0. The van der Waals surface area contributed by atoms with Crippen LogP contribution in [0, 0.1) is 46.8 Å². The Balaban J connectivity index is 0.936. The molecule has 12 aliphatic rings. The fourth-order valence-electron chi connectivity index (χ4n) is 16.5. The highest BCUT2D eigenvalue weighted by Gasteiger charge is 2.59. The van der Waals surface area contributed by atoms with Gasteiger partial charge in [-0.1, -0.05) is 102 Å². The predicted molar refractivity (Wildman–Crippen MR) is 256 cm³/mol. The van der Waals surface area contributed by atoms with Crippen LogP contribution in [-0.2, 0) is 0 Å². The van der Waals surface area contributed by atoms with Gasteiger partial charge in [0, 0.05) is 23.1 Å². The number of nitrogens with zero attached hydrogens (tertiary/aromatic N) is 1. The molecule has 2 heterocycles. The fourth-order valence-corrected chi connectivity index (χ4v) is 16.5. The summed E-state index contributed by atoms with van der Waals surface area (Å²) in [6, 6.07) is 1.10. The first kappa shape index (κ1) is 40.6. The topological polar surface area (TPSA) is 39.3 Å². The van der Waals surface area contributed by atoms with Crippen molar-refractivity contribution in [3.05, 3.63) is 118 Å². The van der Waals surface area contributed by atoms with Crippen LogP contribution < -0.4 is 16.0 Å². The minimum atomic E-state index is 0.140. The van der Waals surface area contributed by atoms with Gasteiger partial charge in [0.25, 0.3) is 0 Å². The molecule has 4 nitrogen and oxygen atoms in total. The molecule has 12 rings (SSSR count). The monoisotopic (exact) mass is 831 g/mol. The number of nitrogens with one attached hydrogen (secondary N) is 3. The van der Waals surface area contributed by atoms with Crippen molar-refractivity contribution in [3.8, 4) is 0 Å². The molecule has 4 heteroatoms. The Hall–Kier alpha value is -2.92. The average molecular weight is 831 g/mol. The number of hydrogen-bond acceptors (Lipinski definition) is 4. The Labute approximate surface area is 375 Å². The third kappa shape index (κ3) is 7.09. The summed E-state index contributed by atoms with van der Waals surface area (Å²) >= 11 is 0. The molecule has 10 aliphatic carbocycles. The van der Waals surface area contributed by atoms with Gasteiger partial charge < -0.3 is 4.90 Å². The molecule has 330 valence electrons. The third-order valence-corrected chi connectivity index (χ3v) is 19.2. The molecule has 0 bridgehead atoms. The van der Waals surface area contributed by atoms with Crippen LogP contribution in [0.4, 0.5) is 0 Å². The van der Waals surface area contributed by atoms with Gasteiger partial charge in [-0.05, 0) is 206 Å². The molecule has 0 amide bonds. The molecule has 0 radical (unpaired) electrons. The normalized spacial score (nSPS) is 42.8. The van der Waals surface area contributed by atoms with E-state index in [-0.39, 0.29) is 17.7 Å². The first-order valence-electron chi connectivity index (χ1n) is 26.7. The molecular formula is C58H78N4. The van der Waals surface area contributed by atoms with E-state index in [1.807, 2.05) is 16.7 Å². The highest BCUT2D eigenvalue weighted by molar-refractivity contribution is 5.56. The third-order valence-electron chi connectivity index (χ3n) is 19.2. The Morgan fingerprint density at radius 1 is 0.613 bits per heavy atom. The summed E-state index contributed by atoms with van der Waals surface area (Å²) in [5.41, 5.74) is 12.2. The van der Waals surface area contributed by atoms with E-state index < -0.39 is 0 Å². The highest BCUT2D eigenvalue weighted by atomic mass is 15.4. The second-order valence-corrected chi connectivity index (χ2v) is 22.2. The lowest BCUT2D eigenvalue weighted by Crippen LogP contribution is -2.69. The Morgan fingerprint density at radius 3 is 2.37 bits per heavy atom. The minimum Gasteiger partial charge on any atom is -0.364 e. The van der Waals surface area contributed by atoms with Gasteiger partial charge in [-0.25, -0.2) is 0 Å². The number of allylic oxidation sites excluding steroid dienone is 14. The molecule has 13 atom stereocenters. The highest BCUT2D eigenvalue weighted by Crippen LogP contribution is 2.68. The van der Waals surface area contributed by atoms with Gasteiger partial charge in [0.1, 0.15) is 0 Å². The molecule has 0 aromatic carbocycles. The van der Waals surface area contributed by atoms with Crippen molar-refractivity contribution in [3.63, 3.8) is 0 Å². The molecule has 13 unspecified atom stereocenters. The van der Waals surface area contributed by atoms with Crippen molar-refractivity contribution in [1.29, 1.82) is 0 Å². The van der Waals surface area contributed by atoms with Crippen molar-refractivity contribution in [2.45, 2.75) is 191 Å². The van der Waals surface area contributed by atoms with E-state index in [4.69, 9.17) is 0 Å². The maximum atomic E-state index is 4.19. The summed E-state index contributed by atoms with van der Waals surface area (Å²) in [4.78, 5) is 3.14. The lowest BCUT2D eigenvalue weighted by Gasteiger charge is -2.48. The van der Waals surface area contributed by atoms with Gasteiger partial charge in [-0.15, -0.1) is 0 Å². The van der Waals surface area contributed by atoms with Crippen molar-refractivity contribution in [2.75, 3.05) is 0 Å². The second-order valence-electron chi connectivity index (χ2n) is 22.2. The zero-order valence-corrected chi connectivity index (χ0v) is 38.1. The van der Waals surface area contributed by atoms with Crippen molar-refractivity contribution >= 4 is 0 Å². The first-order valence-corrected chi connectivity index (χ1v) is 26.7. The van der Waals surface area contributed by atoms with Crippen LogP contribution in [0.25, 0.3) is 0 Å². The second kappa shape index (κ2) is 17.5. The molecule has 2 saturated heterocycles. The molecule has 4 fully saturated rings. The maximum absolute atomic E-state index is 4.19. The van der Waals surface area contributed by atoms with Crippen LogP contribution in [0.5, 0.6) is 0 Å². The van der Waals surface area contributed by atoms with E-state index >= 15 is 0 Å². The van der Waals surface area contributed by atoms with Crippen molar-refractivity contribution < 1.29 is 0 Å². The van der Waals surface area contributed by atoms with Crippen LogP contribution in [0.2, 0.25) is 0 Å². The molecule has 2 saturated carbocycles. The van der Waals surface area contributed by atoms with Crippen molar-refractivity contribution in [2.24, 2.45) is 46.8 Å². The van der Waals surface area contributed by atoms with Gasteiger partial charge >= 0.3 is 0 Å². The lowest BCUT2D eigenvalue weighted by atomic mass is 9.56. The van der Waals surface area contributed by atoms with Gasteiger partial charge in [-0.2, -0.15) is 0 Å². The fraction of sp³-hybridized carbons (Fsp3) is 0.655. The molecule has 0 aromatic heterocycles. The molecular weight excluding hydrogens is 753 g/mol. The number of rotatable bonds is 7. The Bertz CT molecular complexity index is 2030. The van der Waals surface area contributed by atoms with Gasteiger partial charge in [-0.3, -0.25) is 16.0 Å². The summed E-state index contributed by atoms with van der Waals surface area (Å²) in [5.74, 6) is 5.20. The molecule has 0 spiro atoms. The van der Waals surface area contributed by atoms with E-state index in [1.165, 1.54) is 146 Å². The number of fused-ring (bicyclic) bond motifs is 5. The zero-order valence-electron chi connectivity index (χ0n) is 38.1. The van der Waals surface area contributed by atoms with Crippen LogP contribution >= 0.6 is 0 Å². The smallest absolute Gasteiger partial charge is 0.0859 e. The zero-order chi connectivity index (χ0) is 41.0. The largest absolute Gasteiger partial charge is 0.364 e. The summed E-state index contributed by atoms with van der Waals surface area (Å²) in [5, 5.41) is 12.4. The Kier molecular flexibility index (Phi) is 11.4. The van der Waals surface area contributed by atoms with Crippen LogP contribution in [0.1, 0.15) is 161 Å². The number of likely N-dealkylation sites (tertiary alicyclic amines) is 1. The summed E-state index contributed by atoms with van der Waals surface area (Å²) < 4.78 is 0. The Morgan fingerprint density at radius 2 is 1.52 bits per heavy atom. The van der Waals surface area contributed by atoms with E-state index in [2.05, 4.69) is 99.8 Å². The average Bonchev–Trinajstić information content (AvgIpc) is 3.85. The lowest BCUT2D eigenvalue weighted by molar-refractivity contribution is 0.133. The van der Waals surface area contributed by atoms with Crippen LogP contribution in [0.15, 0.2) is 118 Å². The van der Waals surface area contributed by atoms with Gasteiger partial charge in [0.05, 0.1) is 24.5 Å². The SMILES string of the molecule is C1=CC(C2NC(C3=CCCC(N4C5C=C(C6(C7=CCCCC7)C7=C(CCCC7)C7CCCCC76)C=CC5C5CCC(C6C=CCCC6)CC54)=C3)NC(C3CC=CCC3)N2)=CCC1. The van der Waals surface area contributed by atoms with E-state index in [1.54, 1.807) is 11.3 Å². The summed E-state index contributed by atoms with van der Waals surface area (Å²) in [6.45, 7) is 0. The maximum Gasteiger partial charge on any atom is 0.0859 e. The first-order chi connectivity index (χ1) is 30.7. The van der Waals surface area contributed by atoms with E-state index in [0.29, 0.717) is 30.1 Å². The predicted octanol–water partition coefficient (Wildman–Crippen LogP) is 13.1. The van der Waals surface area contributed by atoms with Crippen molar-refractivity contribution in [1.82, 2.24) is 20.9 Å². The molecule has 0 aromatic rings. The van der Waals surface area contributed by atoms with Crippen LogP contribution in [0.3, 0.4) is 0 Å². The van der Waals surface area contributed by atoms with E-state index in [0.717, 1.165) is 55.3 Å². The molecule has 2 aliphatic heterocycles. The molecule has 62 heavy (non-hydrogen) atoms. The van der Waals surface area contributed by atoms with Gasteiger partial charge in [0.2, 0.25) is 0 Å². The summed E-state index contributed by atoms with van der Waals surface area (Å²) in [6.07, 6.45) is 67.8. The van der Waals surface area contributed by atoms with E-state index in [9.17, 15) is 0 Å². The quantitative estimate of drug-likeness (QED) is 0.224. The number of hydrogen-bond donors (Lipinski definition) is 3. The minimum absolute atomic E-state index is 0.140. The molecule has 3 N–H and O–H groups in total. The van der Waals surface area contributed by atoms with Gasteiger partial charge in [0.15, 0.2) is 0 Å². The van der Waals surface area contributed by atoms with Crippen LogP contribution in [-0.4, -0.2) is 35.5 Å². The standard InChI is InChI=1S/C58H78N4/c1-5-18-39(19-6-1)42-32-34-49-50-35-33-45(58(44-25-11-4-12-26-44)51-30-15-13-28-47(51)48-29-14-16-31-52(48)58)38-54(50)62(53(49)37-42)46-27-17-24-43(36-46)57-60-55(40-20-7-2-8-21-40)59-56(61-57)41-22-9-3-10-23-41/h2,5,7,9,18,22-25,33,35-36,38-40,42,47,49-51,53-57,59-61H,1,3-4,6,8,10-17,19-21,26-32,34,37H2.